The SMILES string of the molecule is CCOC(=O)C1=Cc2cc(Br)cc(C)c2OC1C(F)(F)F.COc1cc(Br)cc(C=O)c1O. The van der Waals surface area contributed by atoms with E-state index < -0.39 is 23.8 Å². The van der Waals surface area contributed by atoms with E-state index in [0.29, 0.717) is 26.4 Å². The van der Waals surface area contributed by atoms with Crippen molar-refractivity contribution in [2.45, 2.75) is 26.1 Å². The third-order valence-corrected chi connectivity index (χ3v) is 5.24. The second kappa shape index (κ2) is 11.1. The first-order chi connectivity index (χ1) is 15.4. The molecule has 1 N–H and O–H groups in total. The number of alkyl halides is 3. The Morgan fingerprint density at radius 3 is 2.39 bits per heavy atom. The maximum atomic E-state index is 13.1. The largest absolute Gasteiger partial charge is 0.504 e. The predicted octanol–water partition coefficient (Wildman–Crippen LogP) is 6.00. The molecular weight excluding hydrogens is 577 g/mol. The molecule has 0 amide bonds. The molecule has 6 nitrogen and oxygen atoms in total. The number of ether oxygens (including phenoxy) is 3. The topological polar surface area (TPSA) is 82.1 Å². The van der Waals surface area contributed by atoms with Gasteiger partial charge in [0.2, 0.25) is 6.10 Å². The van der Waals surface area contributed by atoms with Crippen LogP contribution >= 0.6 is 31.9 Å². The van der Waals surface area contributed by atoms with Crippen LogP contribution in [0.2, 0.25) is 0 Å². The average molecular weight is 596 g/mol. The summed E-state index contributed by atoms with van der Waals surface area (Å²) in [5.74, 6) is -0.751. The minimum atomic E-state index is -4.70. The fraction of sp³-hybridized carbons (Fsp3) is 0.273. The number of halogens is 5. The molecule has 178 valence electrons. The van der Waals surface area contributed by atoms with E-state index in [2.05, 4.69) is 36.6 Å². The van der Waals surface area contributed by atoms with Gasteiger partial charge in [-0.3, -0.25) is 4.79 Å². The Hall–Kier alpha value is -2.53. The Morgan fingerprint density at radius 2 is 1.85 bits per heavy atom. The van der Waals surface area contributed by atoms with E-state index in [-0.39, 0.29) is 29.4 Å². The normalized spacial score (nSPS) is 14.7. The van der Waals surface area contributed by atoms with E-state index in [1.165, 1.54) is 26.2 Å². The minimum Gasteiger partial charge on any atom is -0.504 e. The number of rotatable bonds is 4. The van der Waals surface area contributed by atoms with Gasteiger partial charge in [0, 0.05) is 14.5 Å². The second-order valence-electron chi connectivity index (χ2n) is 6.66. The standard InChI is InChI=1S/C14H12BrF3O3.C8H7BrO3/c1-3-20-13(19)10-6-8-5-9(15)4-7(2)11(8)21-12(10)14(16,17)18;1-12-7-3-6(9)2-5(4-10)8(7)11/h4-6,12H,3H2,1-2H3;2-4,11H,1H3. The van der Waals surface area contributed by atoms with Crippen LogP contribution in [0.4, 0.5) is 13.2 Å². The molecule has 1 aliphatic heterocycles. The van der Waals surface area contributed by atoms with E-state index in [0.717, 1.165) is 0 Å². The van der Waals surface area contributed by atoms with Crippen molar-refractivity contribution in [3.05, 3.63) is 55.5 Å². The molecule has 3 rings (SSSR count). The molecule has 0 spiro atoms. The first-order valence-electron chi connectivity index (χ1n) is 9.36. The minimum absolute atomic E-state index is 0.00881. The van der Waals surface area contributed by atoms with Crippen LogP contribution in [0.25, 0.3) is 6.08 Å². The summed E-state index contributed by atoms with van der Waals surface area (Å²) in [4.78, 5) is 22.2. The highest BCUT2D eigenvalue weighted by Gasteiger charge is 2.49. The predicted molar refractivity (Wildman–Crippen MR) is 122 cm³/mol. The van der Waals surface area contributed by atoms with Crippen molar-refractivity contribution in [3.8, 4) is 17.2 Å². The summed E-state index contributed by atoms with van der Waals surface area (Å²) in [5.41, 5.74) is 0.619. The van der Waals surface area contributed by atoms with Crippen LogP contribution in [0.15, 0.2) is 38.8 Å². The third kappa shape index (κ3) is 6.50. The average Bonchev–Trinajstić information content (AvgIpc) is 2.74. The van der Waals surface area contributed by atoms with Crippen LogP contribution in [-0.2, 0) is 9.53 Å². The number of hydrogen-bond donors (Lipinski definition) is 1. The van der Waals surface area contributed by atoms with Crippen LogP contribution in [0.1, 0.15) is 28.4 Å². The van der Waals surface area contributed by atoms with Crippen LogP contribution in [-0.4, -0.2) is 43.4 Å². The van der Waals surface area contributed by atoms with Crippen molar-refractivity contribution in [1.29, 1.82) is 0 Å². The first kappa shape index (κ1) is 26.7. The van der Waals surface area contributed by atoms with Gasteiger partial charge in [0.05, 0.1) is 24.9 Å². The van der Waals surface area contributed by atoms with E-state index in [9.17, 15) is 27.9 Å². The number of fused-ring (bicyclic) bond motifs is 1. The van der Waals surface area contributed by atoms with Gasteiger partial charge in [-0.25, -0.2) is 4.79 Å². The highest BCUT2D eigenvalue weighted by Crippen LogP contribution is 2.40. The fourth-order valence-electron chi connectivity index (χ4n) is 2.91. The van der Waals surface area contributed by atoms with E-state index in [1.54, 1.807) is 25.1 Å². The van der Waals surface area contributed by atoms with Gasteiger partial charge in [0.15, 0.2) is 17.8 Å². The van der Waals surface area contributed by atoms with Gasteiger partial charge in [-0.2, -0.15) is 13.2 Å². The van der Waals surface area contributed by atoms with Gasteiger partial charge in [0.1, 0.15) is 5.75 Å². The summed E-state index contributed by atoms with van der Waals surface area (Å²) in [6, 6.07) is 6.34. The van der Waals surface area contributed by atoms with Gasteiger partial charge in [-0.15, -0.1) is 0 Å². The number of aldehydes is 1. The highest BCUT2D eigenvalue weighted by molar-refractivity contribution is 9.10. The second-order valence-corrected chi connectivity index (χ2v) is 8.50. The number of phenols is 1. The molecule has 0 aliphatic carbocycles. The first-order valence-corrected chi connectivity index (χ1v) is 10.9. The molecule has 0 bridgehead atoms. The number of aromatic hydroxyl groups is 1. The number of benzene rings is 2. The monoisotopic (exact) mass is 594 g/mol. The van der Waals surface area contributed by atoms with E-state index in [1.807, 2.05) is 0 Å². The van der Waals surface area contributed by atoms with Gasteiger partial charge >= 0.3 is 12.1 Å². The summed E-state index contributed by atoms with van der Waals surface area (Å²) in [7, 11) is 1.43. The van der Waals surface area contributed by atoms with Crippen molar-refractivity contribution < 1.29 is 42.1 Å². The zero-order valence-corrected chi connectivity index (χ0v) is 20.8. The molecular formula is C22H19Br2F3O6. The number of esters is 1. The number of aryl methyl sites for hydroxylation is 1. The molecule has 1 atom stereocenters. The molecule has 0 aromatic heterocycles. The van der Waals surface area contributed by atoms with E-state index >= 15 is 0 Å². The molecule has 11 heteroatoms. The molecule has 33 heavy (non-hydrogen) atoms. The summed E-state index contributed by atoms with van der Waals surface area (Å²) in [5, 5.41) is 9.34. The molecule has 1 unspecified atom stereocenters. The van der Waals surface area contributed by atoms with E-state index in [4.69, 9.17) is 9.47 Å². The Morgan fingerprint density at radius 1 is 1.21 bits per heavy atom. The van der Waals surface area contributed by atoms with Gasteiger partial charge < -0.3 is 19.3 Å². The Balaban J connectivity index is 0.000000273. The summed E-state index contributed by atoms with van der Waals surface area (Å²) in [6.45, 7) is 3.16. The maximum Gasteiger partial charge on any atom is 0.430 e. The molecule has 2 aromatic carbocycles. The lowest BCUT2D eigenvalue weighted by atomic mass is 9.99. The molecule has 0 saturated carbocycles. The zero-order valence-electron chi connectivity index (χ0n) is 17.6. The highest BCUT2D eigenvalue weighted by atomic mass is 79.9. The smallest absolute Gasteiger partial charge is 0.430 e. The van der Waals surface area contributed by atoms with Crippen molar-refractivity contribution in [2.75, 3.05) is 13.7 Å². The zero-order chi connectivity index (χ0) is 24.9. The lowest BCUT2D eigenvalue weighted by Gasteiger charge is -2.28. The van der Waals surface area contributed by atoms with Crippen LogP contribution in [0.5, 0.6) is 17.2 Å². The van der Waals surface area contributed by atoms with Crippen LogP contribution in [0, 0.1) is 6.92 Å². The summed E-state index contributed by atoms with van der Waals surface area (Å²) in [6.07, 6.45) is -5.27. The van der Waals surface area contributed by atoms with Crippen molar-refractivity contribution in [1.82, 2.24) is 0 Å². The van der Waals surface area contributed by atoms with Crippen molar-refractivity contribution in [3.63, 3.8) is 0 Å². The van der Waals surface area contributed by atoms with Crippen molar-refractivity contribution in [2.24, 2.45) is 0 Å². The Labute approximate surface area is 204 Å². The van der Waals surface area contributed by atoms with Gasteiger partial charge in [0.25, 0.3) is 0 Å². The number of carbonyl (C=O) groups is 2. The van der Waals surface area contributed by atoms with Crippen molar-refractivity contribution >= 4 is 50.2 Å². The fourth-order valence-corrected chi connectivity index (χ4v) is 3.96. The van der Waals surface area contributed by atoms with Gasteiger partial charge in [-0.1, -0.05) is 31.9 Å². The van der Waals surface area contributed by atoms with Gasteiger partial charge in [-0.05, 0) is 49.8 Å². The maximum absolute atomic E-state index is 13.1. The third-order valence-electron chi connectivity index (χ3n) is 4.32. The Kier molecular flexibility index (Phi) is 8.96. The molecule has 2 aromatic rings. The summed E-state index contributed by atoms with van der Waals surface area (Å²) < 4.78 is 55.3. The summed E-state index contributed by atoms with van der Waals surface area (Å²) >= 11 is 6.44. The molecule has 0 saturated heterocycles. The van der Waals surface area contributed by atoms with Crippen LogP contribution < -0.4 is 9.47 Å². The Bertz CT molecular complexity index is 1080. The molecule has 0 radical (unpaired) electrons. The van der Waals surface area contributed by atoms with Crippen LogP contribution in [0.3, 0.4) is 0 Å². The number of phenolic OH excluding ortho intramolecular Hbond substituents is 1. The lowest BCUT2D eigenvalue weighted by molar-refractivity contribution is -0.188. The molecule has 0 fully saturated rings. The number of carbonyl (C=O) groups excluding carboxylic acids is 2. The lowest BCUT2D eigenvalue weighted by Crippen LogP contribution is -2.41. The quantitative estimate of drug-likeness (QED) is 0.345. The number of hydrogen-bond acceptors (Lipinski definition) is 6. The number of methoxy groups -OCH3 is 1. The molecule has 1 aliphatic rings. The molecule has 1 heterocycles.